The number of methoxy groups -OCH3 is 1. The smallest absolute Gasteiger partial charge is 0.316 e. The number of hydrogen-bond acceptors (Lipinski definition) is 7. The molecule has 0 aromatic carbocycles. The zero-order valence-electron chi connectivity index (χ0n) is 17.9. The summed E-state index contributed by atoms with van der Waals surface area (Å²) in [5.41, 5.74) is -2.38. The van der Waals surface area contributed by atoms with E-state index in [-0.39, 0.29) is 18.6 Å². The lowest BCUT2D eigenvalue weighted by Crippen LogP contribution is -2.47. The number of rotatable bonds is 2. The normalized spacial score (nSPS) is 41.0. The Morgan fingerprint density at radius 1 is 1.25 bits per heavy atom. The third-order valence-electron chi connectivity index (χ3n) is 5.74. The van der Waals surface area contributed by atoms with Gasteiger partial charge in [-0.2, -0.15) is 0 Å². The van der Waals surface area contributed by atoms with E-state index in [1.165, 1.54) is 27.0 Å². The fourth-order valence-corrected chi connectivity index (χ4v) is 3.62. The summed E-state index contributed by atoms with van der Waals surface area (Å²) in [5, 5.41) is 21.4. The van der Waals surface area contributed by atoms with Crippen LogP contribution < -0.4 is 0 Å². The van der Waals surface area contributed by atoms with Crippen molar-refractivity contribution in [3.63, 3.8) is 0 Å². The highest BCUT2D eigenvalue weighted by atomic mass is 16.6. The molecule has 1 rings (SSSR count). The molecule has 0 fully saturated rings. The second-order valence-corrected chi connectivity index (χ2v) is 8.28. The first kappa shape index (κ1) is 24.5. The highest BCUT2D eigenvalue weighted by Gasteiger charge is 2.41. The molecule has 0 amide bonds. The van der Waals surface area contributed by atoms with Crippen molar-refractivity contribution in [3.05, 3.63) is 11.6 Å². The van der Waals surface area contributed by atoms with Gasteiger partial charge in [-0.15, -0.1) is 0 Å². The van der Waals surface area contributed by atoms with Crippen molar-refractivity contribution in [1.29, 1.82) is 0 Å². The standard InChI is InChI=1S/C21H34O7/c1-8-17-20(5,26)10-12(2)18(24)13(3)11-21(6,27-7)16(23)9-15(22)14(4)19(25)28-17/h10,13-14,16-17,23,26H,8-9,11H2,1-7H3/b12-10+/t13-,14-,16-,17-,20+,21-/m1/s1. The first-order valence-electron chi connectivity index (χ1n) is 9.71. The molecule has 6 atom stereocenters. The molecule has 0 spiro atoms. The highest BCUT2D eigenvalue weighted by Crippen LogP contribution is 2.30. The molecule has 1 aliphatic heterocycles. The average Bonchev–Trinajstić information content (AvgIpc) is 2.62. The van der Waals surface area contributed by atoms with E-state index in [0.29, 0.717) is 12.0 Å². The number of carbonyl (C=O) groups excluding carboxylic acids is 3. The number of aliphatic hydroxyl groups excluding tert-OH is 1. The lowest BCUT2D eigenvalue weighted by atomic mass is 9.81. The van der Waals surface area contributed by atoms with E-state index in [2.05, 4.69) is 0 Å². The van der Waals surface area contributed by atoms with Gasteiger partial charge in [0.1, 0.15) is 23.4 Å². The number of ketones is 2. The molecule has 1 aliphatic rings. The highest BCUT2D eigenvalue weighted by molar-refractivity contribution is 5.99. The van der Waals surface area contributed by atoms with Crippen LogP contribution in [0.2, 0.25) is 0 Å². The number of allylic oxidation sites excluding steroid dienone is 1. The topological polar surface area (TPSA) is 110 Å². The summed E-state index contributed by atoms with van der Waals surface area (Å²) in [6.45, 7) is 9.57. The molecule has 0 saturated carbocycles. The Bertz CT molecular complexity index is 637. The molecular formula is C21H34O7. The minimum absolute atomic E-state index is 0.181. The van der Waals surface area contributed by atoms with Gasteiger partial charge in [-0.05, 0) is 52.2 Å². The van der Waals surface area contributed by atoms with Crippen molar-refractivity contribution < 1.29 is 34.1 Å². The van der Waals surface area contributed by atoms with Crippen molar-refractivity contribution >= 4 is 17.5 Å². The molecule has 28 heavy (non-hydrogen) atoms. The van der Waals surface area contributed by atoms with E-state index in [1.54, 1.807) is 27.7 Å². The predicted octanol–water partition coefficient (Wildman–Crippen LogP) is 1.98. The maximum atomic E-state index is 12.8. The van der Waals surface area contributed by atoms with Crippen LogP contribution in [0.4, 0.5) is 0 Å². The number of aliphatic hydroxyl groups is 2. The van der Waals surface area contributed by atoms with Gasteiger partial charge in [0.2, 0.25) is 0 Å². The lowest BCUT2D eigenvalue weighted by Gasteiger charge is -2.36. The molecule has 1 heterocycles. The SMILES string of the molecule is CC[C@H]1OC(=O)[C@H](C)C(=O)C[C@@H](O)[C@](C)(OC)C[C@@H](C)C(=O)/C(C)=C/[C@]1(C)O. The van der Waals surface area contributed by atoms with Crippen molar-refractivity contribution in [2.24, 2.45) is 11.8 Å². The number of carbonyl (C=O) groups is 3. The number of hydrogen-bond donors (Lipinski definition) is 2. The third-order valence-corrected chi connectivity index (χ3v) is 5.74. The average molecular weight is 398 g/mol. The van der Waals surface area contributed by atoms with Gasteiger partial charge in [0.05, 0.1) is 11.7 Å². The second-order valence-electron chi connectivity index (χ2n) is 8.28. The summed E-state index contributed by atoms with van der Waals surface area (Å²) in [5.74, 6) is -3.07. The molecular weight excluding hydrogens is 364 g/mol. The molecule has 0 aliphatic carbocycles. The summed E-state index contributed by atoms with van der Waals surface area (Å²) in [7, 11) is 1.41. The van der Waals surface area contributed by atoms with Gasteiger partial charge in [0.25, 0.3) is 0 Å². The van der Waals surface area contributed by atoms with Crippen LogP contribution in [0.1, 0.15) is 60.8 Å². The number of ether oxygens (including phenoxy) is 2. The van der Waals surface area contributed by atoms with Crippen LogP contribution in [0.5, 0.6) is 0 Å². The Kier molecular flexibility index (Phi) is 8.11. The van der Waals surface area contributed by atoms with E-state index in [0.717, 1.165) is 0 Å². The quantitative estimate of drug-likeness (QED) is 0.540. The Balaban J connectivity index is 3.42. The predicted molar refractivity (Wildman–Crippen MR) is 104 cm³/mol. The molecule has 2 N–H and O–H groups in total. The van der Waals surface area contributed by atoms with Gasteiger partial charge < -0.3 is 19.7 Å². The van der Waals surface area contributed by atoms with E-state index in [1.807, 2.05) is 0 Å². The van der Waals surface area contributed by atoms with E-state index in [4.69, 9.17) is 9.47 Å². The molecule has 0 unspecified atom stereocenters. The van der Waals surface area contributed by atoms with Gasteiger partial charge in [0.15, 0.2) is 5.78 Å². The maximum absolute atomic E-state index is 12.8. The Morgan fingerprint density at radius 2 is 1.82 bits per heavy atom. The molecule has 0 radical (unpaired) electrons. The van der Waals surface area contributed by atoms with Crippen molar-refractivity contribution in [1.82, 2.24) is 0 Å². The molecule has 0 aromatic heterocycles. The lowest BCUT2D eigenvalue weighted by molar-refractivity contribution is -0.167. The van der Waals surface area contributed by atoms with Crippen LogP contribution in [-0.2, 0) is 23.9 Å². The van der Waals surface area contributed by atoms with Gasteiger partial charge in [-0.3, -0.25) is 14.4 Å². The largest absolute Gasteiger partial charge is 0.458 e. The number of Topliss-reactive ketones (excluding diaryl/α,β-unsaturated/α-hetero) is 2. The second kappa shape index (κ2) is 9.29. The first-order valence-corrected chi connectivity index (χ1v) is 9.71. The van der Waals surface area contributed by atoms with Crippen LogP contribution in [-0.4, -0.2) is 58.3 Å². The number of cyclic esters (lactones) is 1. The first-order chi connectivity index (χ1) is 12.8. The Morgan fingerprint density at radius 3 is 2.32 bits per heavy atom. The summed E-state index contributed by atoms with van der Waals surface area (Å²) in [6.07, 6.45) is -0.522. The fourth-order valence-electron chi connectivity index (χ4n) is 3.62. The van der Waals surface area contributed by atoms with Crippen molar-refractivity contribution in [3.8, 4) is 0 Å². The summed E-state index contributed by atoms with van der Waals surface area (Å²) in [6, 6.07) is 0. The summed E-state index contributed by atoms with van der Waals surface area (Å²) in [4.78, 5) is 37.7. The van der Waals surface area contributed by atoms with Crippen LogP contribution in [0.3, 0.4) is 0 Å². The van der Waals surface area contributed by atoms with Crippen LogP contribution in [0.15, 0.2) is 11.6 Å². The van der Waals surface area contributed by atoms with Crippen LogP contribution >= 0.6 is 0 Å². The van der Waals surface area contributed by atoms with Crippen molar-refractivity contribution in [2.75, 3.05) is 7.11 Å². The summed E-state index contributed by atoms with van der Waals surface area (Å²) < 4.78 is 10.8. The Labute approximate surface area is 167 Å². The zero-order chi connectivity index (χ0) is 21.9. The van der Waals surface area contributed by atoms with E-state index in [9.17, 15) is 24.6 Å². The van der Waals surface area contributed by atoms with Gasteiger partial charge in [0, 0.05) is 19.4 Å². The molecule has 160 valence electrons. The van der Waals surface area contributed by atoms with Gasteiger partial charge in [-0.1, -0.05) is 13.8 Å². The van der Waals surface area contributed by atoms with Crippen LogP contribution in [0, 0.1) is 11.8 Å². The molecule has 0 bridgehead atoms. The van der Waals surface area contributed by atoms with Crippen molar-refractivity contribution in [2.45, 2.75) is 84.2 Å². The molecule has 7 nitrogen and oxygen atoms in total. The monoisotopic (exact) mass is 398 g/mol. The van der Waals surface area contributed by atoms with E-state index >= 15 is 0 Å². The van der Waals surface area contributed by atoms with Gasteiger partial charge >= 0.3 is 5.97 Å². The summed E-state index contributed by atoms with van der Waals surface area (Å²) >= 11 is 0. The number of esters is 1. The molecule has 7 heteroatoms. The fraction of sp³-hybridized carbons (Fsp3) is 0.762. The third kappa shape index (κ3) is 5.49. The molecule has 0 saturated heterocycles. The maximum Gasteiger partial charge on any atom is 0.316 e. The minimum atomic E-state index is -1.57. The molecule has 0 aromatic rings. The van der Waals surface area contributed by atoms with Gasteiger partial charge in [-0.25, -0.2) is 0 Å². The minimum Gasteiger partial charge on any atom is -0.458 e. The Hall–Kier alpha value is -1.57. The zero-order valence-corrected chi connectivity index (χ0v) is 17.9. The van der Waals surface area contributed by atoms with Crippen LogP contribution in [0.25, 0.3) is 0 Å². The van der Waals surface area contributed by atoms with E-state index < -0.39 is 47.0 Å².